The van der Waals surface area contributed by atoms with Crippen molar-refractivity contribution in [3.63, 3.8) is 0 Å². The van der Waals surface area contributed by atoms with Crippen LogP contribution in [0.2, 0.25) is 0 Å². The Bertz CT molecular complexity index is 354. The summed E-state index contributed by atoms with van der Waals surface area (Å²) in [6.07, 6.45) is 12.1. The largest absolute Gasteiger partial charge is 0.516 e. The summed E-state index contributed by atoms with van der Waals surface area (Å²) in [5, 5.41) is 16.8. The Hall–Kier alpha value is -1.90. The predicted octanol–water partition coefficient (Wildman–Crippen LogP) is 2.34. The van der Waals surface area contributed by atoms with E-state index in [-0.39, 0.29) is 6.61 Å². The summed E-state index contributed by atoms with van der Waals surface area (Å²) in [5.41, 5.74) is 0. The van der Waals surface area contributed by atoms with Gasteiger partial charge in [-0.3, -0.25) is 0 Å². The summed E-state index contributed by atoms with van der Waals surface area (Å²) in [6.45, 7) is 0.228. The summed E-state index contributed by atoms with van der Waals surface area (Å²) >= 11 is 0. The molecular weight excluding hydrogens is 200 g/mol. The molecule has 0 atom stereocenters. The first-order valence-electron chi connectivity index (χ1n) is 5.12. The average Bonchev–Trinajstić information content (AvgIpc) is 2.31. The molecule has 0 aliphatic heterocycles. The van der Waals surface area contributed by atoms with Gasteiger partial charge in [0.25, 0.3) is 0 Å². The third kappa shape index (κ3) is 12.1. The summed E-state index contributed by atoms with van der Waals surface area (Å²) < 4.78 is 0. The van der Waals surface area contributed by atoms with E-state index in [9.17, 15) is 0 Å². The lowest BCUT2D eigenvalue weighted by Crippen LogP contribution is -1.77. The molecule has 0 unspecified atom stereocenters. The zero-order valence-corrected chi connectivity index (χ0v) is 9.19. The molecule has 0 aromatic carbocycles. The van der Waals surface area contributed by atoms with Gasteiger partial charge in [0.05, 0.1) is 6.26 Å². The number of aliphatic hydroxyl groups is 2. The van der Waals surface area contributed by atoms with Crippen LogP contribution in [0, 0.1) is 23.7 Å². The molecule has 84 valence electrons. The van der Waals surface area contributed by atoms with Crippen LogP contribution in [-0.2, 0) is 0 Å². The summed E-state index contributed by atoms with van der Waals surface area (Å²) in [4.78, 5) is 0. The highest BCUT2D eigenvalue weighted by molar-refractivity contribution is 5.32. The summed E-state index contributed by atoms with van der Waals surface area (Å²) in [7, 11) is 0. The number of hydrogen-bond acceptors (Lipinski definition) is 2. The first kappa shape index (κ1) is 14.1. The van der Waals surface area contributed by atoms with Crippen molar-refractivity contribution in [1.82, 2.24) is 0 Å². The number of hydrogen-bond donors (Lipinski definition) is 2. The molecule has 0 aromatic rings. The molecule has 0 spiro atoms. The van der Waals surface area contributed by atoms with E-state index in [1.54, 1.807) is 12.2 Å². The van der Waals surface area contributed by atoms with Gasteiger partial charge in [0.15, 0.2) is 0 Å². The second kappa shape index (κ2) is 13.1. The van der Waals surface area contributed by atoms with Gasteiger partial charge in [0.1, 0.15) is 0 Å². The fourth-order valence-corrected chi connectivity index (χ4v) is 0.772. The minimum Gasteiger partial charge on any atom is -0.516 e. The molecule has 0 radical (unpaired) electrons. The molecule has 0 fully saturated rings. The molecule has 2 heteroatoms. The summed E-state index contributed by atoms with van der Waals surface area (Å²) in [5.74, 6) is 10.8. The van der Waals surface area contributed by atoms with Crippen LogP contribution in [0.3, 0.4) is 0 Å². The van der Waals surface area contributed by atoms with Crippen molar-refractivity contribution < 1.29 is 10.2 Å². The van der Waals surface area contributed by atoms with Crippen molar-refractivity contribution in [3.8, 4) is 23.7 Å². The van der Waals surface area contributed by atoms with Crippen molar-refractivity contribution in [2.24, 2.45) is 0 Å². The average molecular weight is 216 g/mol. The van der Waals surface area contributed by atoms with E-state index in [4.69, 9.17) is 10.2 Å². The zero-order chi connectivity index (χ0) is 11.9. The van der Waals surface area contributed by atoms with Gasteiger partial charge >= 0.3 is 0 Å². The monoisotopic (exact) mass is 216 g/mol. The fourth-order valence-electron chi connectivity index (χ4n) is 0.772. The second-order valence-corrected chi connectivity index (χ2v) is 2.81. The SMILES string of the molecule is O/C=C/CC#CC#C/C=C/C=C/CCCO. The molecule has 0 aliphatic rings. The molecule has 0 heterocycles. The number of unbranched alkanes of at least 4 members (excludes halogenated alkanes) is 1. The molecule has 16 heavy (non-hydrogen) atoms. The number of rotatable bonds is 5. The lowest BCUT2D eigenvalue weighted by Gasteiger charge is -1.84. The predicted molar refractivity (Wildman–Crippen MR) is 66.5 cm³/mol. The van der Waals surface area contributed by atoms with Crippen LogP contribution in [0.5, 0.6) is 0 Å². The Morgan fingerprint density at radius 3 is 2.69 bits per heavy atom. The van der Waals surface area contributed by atoms with Crippen LogP contribution in [0.15, 0.2) is 36.6 Å². The Kier molecular flexibility index (Phi) is 11.5. The van der Waals surface area contributed by atoms with E-state index in [0.29, 0.717) is 6.42 Å². The molecule has 0 bridgehead atoms. The maximum Gasteiger partial charge on any atom is 0.0761 e. The molecular formula is C14H16O2. The number of aliphatic hydroxyl groups excluding tert-OH is 2. The maximum absolute atomic E-state index is 8.52. The van der Waals surface area contributed by atoms with Crippen LogP contribution < -0.4 is 0 Å². The van der Waals surface area contributed by atoms with Crippen LogP contribution >= 0.6 is 0 Å². The van der Waals surface area contributed by atoms with Crippen molar-refractivity contribution in [3.05, 3.63) is 36.6 Å². The van der Waals surface area contributed by atoms with Gasteiger partial charge in [0, 0.05) is 13.0 Å². The molecule has 0 saturated carbocycles. The van der Waals surface area contributed by atoms with E-state index in [1.165, 1.54) is 0 Å². The van der Waals surface area contributed by atoms with Gasteiger partial charge in [0.2, 0.25) is 0 Å². The highest BCUT2D eigenvalue weighted by Gasteiger charge is 1.75. The minimum atomic E-state index is 0.228. The molecule has 0 aromatic heterocycles. The van der Waals surface area contributed by atoms with E-state index < -0.39 is 0 Å². The highest BCUT2D eigenvalue weighted by Crippen LogP contribution is 1.88. The summed E-state index contributed by atoms with van der Waals surface area (Å²) in [6, 6.07) is 0. The van der Waals surface area contributed by atoms with Gasteiger partial charge in [-0.1, -0.05) is 30.1 Å². The normalized spacial score (nSPS) is 10.3. The molecule has 2 N–H and O–H groups in total. The van der Waals surface area contributed by atoms with Crippen molar-refractivity contribution >= 4 is 0 Å². The van der Waals surface area contributed by atoms with Crippen molar-refractivity contribution in [2.45, 2.75) is 19.3 Å². The molecule has 2 nitrogen and oxygen atoms in total. The van der Waals surface area contributed by atoms with Crippen LogP contribution in [0.25, 0.3) is 0 Å². The Morgan fingerprint density at radius 2 is 1.94 bits per heavy atom. The van der Waals surface area contributed by atoms with E-state index in [0.717, 1.165) is 19.1 Å². The zero-order valence-electron chi connectivity index (χ0n) is 9.19. The van der Waals surface area contributed by atoms with E-state index >= 15 is 0 Å². The van der Waals surface area contributed by atoms with Crippen LogP contribution in [0.4, 0.5) is 0 Å². The number of allylic oxidation sites excluding steroid dienone is 5. The Labute approximate surface area is 97.0 Å². The van der Waals surface area contributed by atoms with E-state index in [2.05, 4.69) is 23.7 Å². The molecule has 0 aliphatic carbocycles. The standard InChI is InChI=1S/C14H16O2/c15-13-11-9-7-5-3-1-2-4-6-8-10-12-14-16/h1,3,5,7,12,14-16H,9-11,13H2/b3-1+,7-5+,14-12+. The molecule has 0 amide bonds. The second-order valence-electron chi connectivity index (χ2n) is 2.81. The lowest BCUT2D eigenvalue weighted by atomic mass is 10.3. The molecule has 0 rings (SSSR count). The van der Waals surface area contributed by atoms with Gasteiger partial charge in [-0.25, -0.2) is 0 Å². The first-order chi connectivity index (χ1) is 7.91. The minimum absolute atomic E-state index is 0.228. The maximum atomic E-state index is 8.52. The van der Waals surface area contributed by atoms with Gasteiger partial charge in [-0.15, -0.1) is 0 Å². The third-order valence-corrected chi connectivity index (χ3v) is 1.50. The fraction of sp³-hybridized carbons (Fsp3) is 0.286. The van der Waals surface area contributed by atoms with Crippen LogP contribution in [-0.4, -0.2) is 16.8 Å². The smallest absolute Gasteiger partial charge is 0.0761 e. The quantitative estimate of drug-likeness (QED) is 0.320. The topological polar surface area (TPSA) is 40.5 Å². The van der Waals surface area contributed by atoms with Gasteiger partial charge in [-0.2, -0.15) is 0 Å². The van der Waals surface area contributed by atoms with Crippen LogP contribution in [0.1, 0.15) is 19.3 Å². The van der Waals surface area contributed by atoms with E-state index in [1.807, 2.05) is 18.2 Å². The Morgan fingerprint density at radius 1 is 1.06 bits per heavy atom. The highest BCUT2D eigenvalue weighted by atomic mass is 16.3. The first-order valence-corrected chi connectivity index (χ1v) is 5.12. The molecule has 0 saturated heterocycles. The van der Waals surface area contributed by atoms with Gasteiger partial charge < -0.3 is 10.2 Å². The third-order valence-electron chi connectivity index (χ3n) is 1.50. The van der Waals surface area contributed by atoms with Crippen molar-refractivity contribution in [1.29, 1.82) is 0 Å². The van der Waals surface area contributed by atoms with Crippen molar-refractivity contribution in [2.75, 3.05) is 6.61 Å². The lowest BCUT2D eigenvalue weighted by molar-refractivity contribution is 0.289. The van der Waals surface area contributed by atoms with Gasteiger partial charge in [-0.05, 0) is 36.8 Å². The Balaban J connectivity index is 3.68.